The number of pyridine rings is 2. The second kappa shape index (κ2) is 8.33. The molecule has 1 amide bonds. The van der Waals surface area contributed by atoms with Crippen molar-refractivity contribution in [2.24, 2.45) is 5.10 Å². The minimum atomic E-state index is -0.329. The molecule has 170 valence electrons. The van der Waals surface area contributed by atoms with Crippen LogP contribution >= 0.6 is 0 Å². The monoisotopic (exact) mass is 458 g/mol. The van der Waals surface area contributed by atoms with Crippen LogP contribution in [0.5, 0.6) is 0 Å². The van der Waals surface area contributed by atoms with Crippen molar-refractivity contribution in [1.82, 2.24) is 15.0 Å². The quantitative estimate of drug-likeness (QED) is 0.391. The summed E-state index contributed by atoms with van der Waals surface area (Å²) in [5.41, 5.74) is 5.22. The van der Waals surface area contributed by atoms with Crippen molar-refractivity contribution in [2.75, 3.05) is 0 Å². The Kier molecular flexibility index (Phi) is 4.99. The molecule has 1 aliphatic heterocycles. The van der Waals surface area contributed by atoms with E-state index in [4.69, 9.17) is 5.10 Å². The lowest BCUT2D eigenvalue weighted by molar-refractivity contribution is -0.130. The van der Waals surface area contributed by atoms with Crippen molar-refractivity contribution < 1.29 is 4.79 Å². The molecule has 0 saturated heterocycles. The van der Waals surface area contributed by atoms with Gasteiger partial charge in [0, 0.05) is 41.4 Å². The van der Waals surface area contributed by atoms with Crippen LogP contribution in [0.3, 0.4) is 0 Å². The Balaban J connectivity index is 1.57. The Labute approximate surface area is 201 Å². The largest absolute Gasteiger partial charge is 0.321 e. The van der Waals surface area contributed by atoms with Gasteiger partial charge < -0.3 is 4.98 Å². The van der Waals surface area contributed by atoms with Gasteiger partial charge in [-0.3, -0.25) is 14.6 Å². The first-order chi connectivity index (χ1) is 17.1. The average molecular weight is 459 g/mol. The van der Waals surface area contributed by atoms with Crippen LogP contribution in [0.1, 0.15) is 30.5 Å². The third-order valence-electron chi connectivity index (χ3n) is 6.54. The molecular weight excluding hydrogens is 436 g/mol. The van der Waals surface area contributed by atoms with Gasteiger partial charge in [-0.15, -0.1) is 0 Å². The van der Waals surface area contributed by atoms with Gasteiger partial charge in [-0.25, -0.2) is 5.01 Å². The second-order valence-electron chi connectivity index (χ2n) is 8.66. The van der Waals surface area contributed by atoms with Crippen LogP contribution in [-0.4, -0.2) is 26.6 Å². The molecule has 3 heterocycles. The zero-order valence-corrected chi connectivity index (χ0v) is 19.1. The summed E-state index contributed by atoms with van der Waals surface area (Å²) in [6.45, 7) is 1.51. The second-order valence-corrected chi connectivity index (χ2v) is 8.66. The van der Waals surface area contributed by atoms with E-state index in [1.165, 1.54) is 11.9 Å². The highest BCUT2D eigenvalue weighted by Gasteiger charge is 2.34. The molecule has 6 nitrogen and oxygen atoms in total. The van der Waals surface area contributed by atoms with Crippen LogP contribution in [0.4, 0.5) is 0 Å². The van der Waals surface area contributed by atoms with Crippen LogP contribution in [-0.2, 0) is 4.79 Å². The minimum Gasteiger partial charge on any atom is -0.321 e. The molecule has 6 rings (SSSR count). The van der Waals surface area contributed by atoms with E-state index in [1.54, 1.807) is 6.20 Å². The molecule has 0 radical (unpaired) electrons. The number of aromatic nitrogens is 2. The van der Waals surface area contributed by atoms with Gasteiger partial charge in [0.25, 0.3) is 5.56 Å². The summed E-state index contributed by atoms with van der Waals surface area (Å²) in [6.07, 6.45) is 2.18. The summed E-state index contributed by atoms with van der Waals surface area (Å²) < 4.78 is 0. The number of carbonyl (C=O) groups excluding carboxylic acids is 1. The molecule has 0 spiro atoms. The molecule has 0 bridgehead atoms. The highest BCUT2D eigenvalue weighted by molar-refractivity contribution is 6.13. The summed E-state index contributed by atoms with van der Waals surface area (Å²) in [4.78, 5) is 33.7. The number of nitrogens with zero attached hydrogens (tertiary/aromatic N) is 3. The Morgan fingerprint density at radius 3 is 2.49 bits per heavy atom. The summed E-state index contributed by atoms with van der Waals surface area (Å²) in [5.74, 6) is -0.177. The Hall–Kier alpha value is -4.58. The van der Waals surface area contributed by atoms with E-state index < -0.39 is 0 Å². The van der Waals surface area contributed by atoms with Crippen LogP contribution in [0.25, 0.3) is 32.9 Å². The van der Waals surface area contributed by atoms with Crippen LogP contribution < -0.4 is 5.56 Å². The van der Waals surface area contributed by atoms with E-state index in [-0.39, 0.29) is 17.5 Å². The Morgan fingerprint density at radius 1 is 0.886 bits per heavy atom. The topological polar surface area (TPSA) is 78.4 Å². The van der Waals surface area contributed by atoms with Gasteiger partial charge in [-0.2, -0.15) is 5.10 Å². The number of fused-ring (bicyclic) bond motifs is 2. The summed E-state index contributed by atoms with van der Waals surface area (Å²) in [7, 11) is 0. The lowest BCUT2D eigenvalue weighted by Gasteiger charge is -2.21. The molecule has 1 atom stereocenters. The third-order valence-corrected chi connectivity index (χ3v) is 6.54. The van der Waals surface area contributed by atoms with Crippen molar-refractivity contribution in [3.05, 3.63) is 113 Å². The normalized spacial score (nSPS) is 15.5. The molecular formula is C29H22N4O2. The Morgan fingerprint density at radius 2 is 1.66 bits per heavy atom. The van der Waals surface area contributed by atoms with E-state index in [0.717, 1.165) is 38.5 Å². The zero-order valence-electron chi connectivity index (χ0n) is 19.1. The van der Waals surface area contributed by atoms with Crippen molar-refractivity contribution in [1.29, 1.82) is 0 Å². The number of carbonyl (C=O) groups is 1. The number of rotatable bonds is 3. The number of benzene rings is 3. The standard InChI is InChI=1S/C29H22N4O2/c1-18(34)33-26(21-12-7-15-23-20(21)13-8-16-30-23)17-25(32-33)28-27(19-9-3-2-4-10-19)22-11-5-6-14-24(22)31-29(28)35/h2-16,26H,17H2,1H3,(H,31,35)/t26-/m1/s1. The highest BCUT2D eigenvalue weighted by Crippen LogP contribution is 2.38. The first kappa shape index (κ1) is 21.0. The number of nitrogens with one attached hydrogen (secondary N) is 1. The summed E-state index contributed by atoms with van der Waals surface area (Å²) >= 11 is 0. The number of amides is 1. The van der Waals surface area contributed by atoms with Gasteiger partial charge in [-0.1, -0.05) is 66.7 Å². The van der Waals surface area contributed by atoms with Crippen molar-refractivity contribution in [3.63, 3.8) is 0 Å². The van der Waals surface area contributed by atoms with Crippen LogP contribution in [0, 0.1) is 0 Å². The molecule has 0 fully saturated rings. The van der Waals surface area contributed by atoms with E-state index in [0.29, 0.717) is 17.7 Å². The fourth-order valence-electron chi connectivity index (χ4n) is 5.03. The third kappa shape index (κ3) is 3.51. The van der Waals surface area contributed by atoms with Gasteiger partial charge in [0.15, 0.2) is 0 Å². The summed E-state index contributed by atoms with van der Waals surface area (Å²) in [6, 6.07) is 27.1. The smallest absolute Gasteiger partial charge is 0.258 e. The van der Waals surface area contributed by atoms with Gasteiger partial charge in [-0.05, 0) is 29.3 Å². The molecule has 1 N–H and O–H groups in total. The van der Waals surface area contributed by atoms with Gasteiger partial charge in [0.05, 0.1) is 22.8 Å². The van der Waals surface area contributed by atoms with Gasteiger partial charge >= 0.3 is 0 Å². The number of hydrogen-bond donors (Lipinski definition) is 1. The zero-order chi connectivity index (χ0) is 23.9. The maximum atomic E-state index is 13.5. The lowest BCUT2D eigenvalue weighted by Crippen LogP contribution is -2.24. The van der Waals surface area contributed by atoms with Crippen LogP contribution in [0.15, 0.2) is 101 Å². The molecule has 35 heavy (non-hydrogen) atoms. The summed E-state index contributed by atoms with van der Waals surface area (Å²) in [5, 5.41) is 8.14. The first-order valence-corrected chi connectivity index (χ1v) is 11.5. The first-order valence-electron chi connectivity index (χ1n) is 11.5. The number of H-pyrrole nitrogens is 1. The molecule has 0 aliphatic carbocycles. The molecule has 5 aromatic rings. The molecule has 2 aromatic heterocycles. The molecule has 3 aromatic carbocycles. The number of hydrazone groups is 1. The molecule has 0 unspecified atom stereocenters. The molecule has 6 heteroatoms. The van der Waals surface area contributed by atoms with Gasteiger partial charge in [0.1, 0.15) is 0 Å². The SMILES string of the molecule is CC(=O)N1N=C(c2c(-c3ccccc3)c3ccccc3[nH]c2=O)C[C@@H]1c1cccc2ncccc12. The number of aromatic amines is 1. The van der Waals surface area contributed by atoms with E-state index in [1.807, 2.05) is 84.9 Å². The lowest BCUT2D eigenvalue weighted by atomic mass is 9.90. The average Bonchev–Trinajstić information content (AvgIpc) is 3.33. The Bertz CT molecular complexity index is 1680. The van der Waals surface area contributed by atoms with Crippen molar-refractivity contribution >= 4 is 33.4 Å². The maximum absolute atomic E-state index is 13.5. The fraction of sp³-hybridized carbons (Fsp3) is 0.103. The van der Waals surface area contributed by atoms with Gasteiger partial charge in [0.2, 0.25) is 5.91 Å². The van der Waals surface area contributed by atoms with Crippen molar-refractivity contribution in [3.8, 4) is 11.1 Å². The minimum absolute atomic E-state index is 0.177. The molecule has 1 aliphatic rings. The predicted octanol–water partition coefficient (Wildman–Crippen LogP) is 5.44. The highest BCUT2D eigenvalue weighted by atomic mass is 16.2. The van der Waals surface area contributed by atoms with E-state index in [2.05, 4.69) is 9.97 Å². The van der Waals surface area contributed by atoms with E-state index in [9.17, 15) is 9.59 Å². The number of para-hydroxylation sites is 1. The molecule has 0 saturated carbocycles. The van der Waals surface area contributed by atoms with Crippen molar-refractivity contribution in [2.45, 2.75) is 19.4 Å². The maximum Gasteiger partial charge on any atom is 0.258 e. The van der Waals surface area contributed by atoms with E-state index >= 15 is 0 Å². The predicted molar refractivity (Wildman–Crippen MR) is 138 cm³/mol. The fourth-order valence-corrected chi connectivity index (χ4v) is 5.03. The van der Waals surface area contributed by atoms with Crippen LogP contribution in [0.2, 0.25) is 0 Å². The number of hydrogen-bond acceptors (Lipinski definition) is 4.